The van der Waals surface area contributed by atoms with Gasteiger partial charge in [-0.3, -0.25) is 14.0 Å². The van der Waals surface area contributed by atoms with Crippen molar-refractivity contribution in [2.45, 2.75) is 53.0 Å². The normalized spacial score (nSPS) is 21.9. The minimum atomic E-state index is -0.147. The third kappa shape index (κ3) is 3.11. The Morgan fingerprint density at radius 2 is 2.04 bits per heavy atom. The first-order valence-corrected chi connectivity index (χ1v) is 9.94. The Balaban J connectivity index is 1.73. The number of nitrogens with zero attached hydrogens (tertiary/aromatic N) is 3. The van der Waals surface area contributed by atoms with Gasteiger partial charge in [-0.15, -0.1) is 0 Å². The molecule has 0 bridgehead atoms. The Kier molecular flexibility index (Phi) is 4.32. The molecule has 3 aromatic rings. The summed E-state index contributed by atoms with van der Waals surface area (Å²) in [4.78, 5) is 30.6. The number of carbonyl (C=O) groups is 1. The van der Waals surface area contributed by atoms with E-state index >= 15 is 0 Å². The van der Waals surface area contributed by atoms with E-state index < -0.39 is 0 Å². The van der Waals surface area contributed by atoms with Crippen LogP contribution in [0.1, 0.15) is 56.1 Å². The lowest BCUT2D eigenvalue weighted by molar-refractivity contribution is 0.0866. The fourth-order valence-electron chi connectivity index (χ4n) is 4.96. The Morgan fingerprint density at radius 3 is 2.75 bits per heavy atom. The highest BCUT2D eigenvalue weighted by Crippen LogP contribution is 2.38. The second-order valence-corrected chi connectivity index (χ2v) is 9.21. The number of hydrogen-bond acceptors (Lipinski definition) is 3. The van der Waals surface area contributed by atoms with Gasteiger partial charge in [-0.25, -0.2) is 4.98 Å². The first kappa shape index (κ1) is 18.7. The lowest BCUT2D eigenvalue weighted by Crippen LogP contribution is -2.43. The molecular formula is C22H28N4O2. The van der Waals surface area contributed by atoms with Gasteiger partial charge >= 0.3 is 0 Å². The van der Waals surface area contributed by atoms with Crippen molar-refractivity contribution in [3.05, 3.63) is 46.0 Å². The van der Waals surface area contributed by atoms with Crippen molar-refractivity contribution in [3.8, 4) is 0 Å². The summed E-state index contributed by atoms with van der Waals surface area (Å²) in [6, 6.07) is 5.59. The minimum absolute atomic E-state index is 0.138. The monoisotopic (exact) mass is 380 g/mol. The quantitative estimate of drug-likeness (QED) is 0.740. The van der Waals surface area contributed by atoms with Gasteiger partial charge in [-0.2, -0.15) is 0 Å². The van der Waals surface area contributed by atoms with Crippen molar-refractivity contribution in [2.24, 2.45) is 18.4 Å². The van der Waals surface area contributed by atoms with E-state index in [1.807, 2.05) is 19.1 Å². The van der Waals surface area contributed by atoms with Crippen molar-refractivity contribution in [2.75, 3.05) is 0 Å². The third-order valence-corrected chi connectivity index (χ3v) is 5.98. The van der Waals surface area contributed by atoms with Crippen molar-refractivity contribution in [3.63, 3.8) is 0 Å². The lowest BCUT2D eigenvalue weighted by atomic mass is 9.70. The van der Waals surface area contributed by atoms with Gasteiger partial charge in [0.2, 0.25) is 0 Å². The minimum Gasteiger partial charge on any atom is -0.348 e. The maximum absolute atomic E-state index is 13.0. The van der Waals surface area contributed by atoms with E-state index in [0.717, 1.165) is 18.4 Å². The molecule has 1 N–H and O–H groups in total. The Morgan fingerprint density at radius 1 is 1.29 bits per heavy atom. The van der Waals surface area contributed by atoms with Crippen molar-refractivity contribution in [1.29, 1.82) is 0 Å². The van der Waals surface area contributed by atoms with Crippen LogP contribution in [0.2, 0.25) is 0 Å². The van der Waals surface area contributed by atoms with E-state index in [1.54, 1.807) is 28.3 Å². The molecule has 6 heteroatoms. The van der Waals surface area contributed by atoms with Gasteiger partial charge in [0, 0.05) is 19.3 Å². The number of fused-ring (bicyclic) bond motifs is 2. The summed E-state index contributed by atoms with van der Waals surface area (Å²) in [7, 11) is 1.80. The molecule has 4 rings (SSSR count). The summed E-state index contributed by atoms with van der Waals surface area (Å²) in [6.07, 6.45) is 4.86. The van der Waals surface area contributed by atoms with Gasteiger partial charge in [0.1, 0.15) is 17.0 Å². The van der Waals surface area contributed by atoms with Gasteiger partial charge in [-0.05, 0) is 55.2 Å². The zero-order chi connectivity index (χ0) is 20.2. The van der Waals surface area contributed by atoms with Crippen LogP contribution in [0, 0.1) is 18.3 Å². The van der Waals surface area contributed by atoms with Crippen molar-refractivity contribution >= 4 is 22.6 Å². The Labute approximate surface area is 164 Å². The Bertz CT molecular complexity index is 1140. The lowest BCUT2D eigenvalue weighted by Gasteiger charge is -2.39. The Hall–Kier alpha value is -2.63. The molecule has 0 unspecified atom stereocenters. The number of rotatable bonds is 2. The van der Waals surface area contributed by atoms with Crippen LogP contribution >= 0.6 is 0 Å². The van der Waals surface area contributed by atoms with Crippen LogP contribution in [0.5, 0.6) is 0 Å². The average molecular weight is 380 g/mol. The number of carbonyl (C=O) groups excluding carboxylic acids is 1. The molecule has 0 radical (unpaired) electrons. The maximum Gasteiger partial charge on any atom is 0.268 e. The van der Waals surface area contributed by atoms with Crippen LogP contribution in [0.3, 0.4) is 0 Å². The zero-order valence-corrected chi connectivity index (χ0v) is 17.2. The number of aromatic nitrogens is 3. The van der Waals surface area contributed by atoms with Gasteiger partial charge in [0.15, 0.2) is 0 Å². The highest BCUT2D eigenvalue weighted by molar-refractivity contribution is 5.98. The van der Waals surface area contributed by atoms with Gasteiger partial charge in [0.05, 0.1) is 5.39 Å². The fourth-order valence-corrected chi connectivity index (χ4v) is 4.96. The zero-order valence-electron chi connectivity index (χ0n) is 17.2. The molecule has 28 heavy (non-hydrogen) atoms. The summed E-state index contributed by atoms with van der Waals surface area (Å²) in [6.45, 7) is 8.69. The standard InChI is InChI=1S/C22H28N4O2/c1-13-9-15(12-22(3,4)11-13)23-20(27)17-10-16-19(25(17)5)24-18-14(2)7-6-8-26(18)21(16)28/h6-8,10,13,15H,9,11-12H2,1-5H3,(H,23,27)/t13-,15-/m0/s1. The summed E-state index contributed by atoms with van der Waals surface area (Å²) in [5.41, 5.74) is 2.64. The molecule has 2 atom stereocenters. The molecule has 0 spiro atoms. The molecule has 0 saturated heterocycles. The highest BCUT2D eigenvalue weighted by atomic mass is 16.2. The number of nitrogens with one attached hydrogen (secondary N) is 1. The van der Waals surface area contributed by atoms with Crippen LogP contribution in [-0.2, 0) is 7.05 Å². The molecule has 1 amide bonds. The summed E-state index contributed by atoms with van der Waals surface area (Å²) in [5.74, 6) is 0.446. The van der Waals surface area contributed by atoms with Crippen LogP contribution in [0.4, 0.5) is 0 Å². The van der Waals surface area contributed by atoms with Gasteiger partial charge < -0.3 is 9.88 Å². The molecule has 1 aliphatic carbocycles. The first-order chi connectivity index (χ1) is 13.2. The fraction of sp³-hybridized carbons (Fsp3) is 0.500. The molecule has 1 aliphatic rings. The van der Waals surface area contributed by atoms with E-state index in [1.165, 1.54) is 6.42 Å². The van der Waals surface area contributed by atoms with Crippen molar-refractivity contribution < 1.29 is 4.79 Å². The molecule has 148 valence electrons. The number of amides is 1. The molecule has 3 aromatic heterocycles. The van der Waals surface area contributed by atoms with Crippen LogP contribution < -0.4 is 10.9 Å². The van der Waals surface area contributed by atoms with Crippen LogP contribution in [-0.4, -0.2) is 25.9 Å². The second kappa shape index (κ2) is 6.47. The number of aryl methyl sites for hydroxylation is 2. The molecule has 3 heterocycles. The molecule has 6 nitrogen and oxygen atoms in total. The van der Waals surface area contributed by atoms with E-state index in [2.05, 4.69) is 31.1 Å². The summed E-state index contributed by atoms with van der Waals surface area (Å²) >= 11 is 0. The molecule has 1 fully saturated rings. The maximum atomic E-state index is 13.0. The van der Waals surface area contributed by atoms with Gasteiger partial charge in [-0.1, -0.05) is 26.8 Å². The first-order valence-electron chi connectivity index (χ1n) is 9.94. The summed E-state index contributed by atoms with van der Waals surface area (Å²) in [5, 5.41) is 3.66. The highest BCUT2D eigenvalue weighted by Gasteiger charge is 2.33. The van der Waals surface area contributed by atoms with E-state index in [9.17, 15) is 9.59 Å². The topological polar surface area (TPSA) is 68.4 Å². The van der Waals surface area contributed by atoms with E-state index in [-0.39, 0.29) is 22.9 Å². The average Bonchev–Trinajstić information content (AvgIpc) is 2.92. The second-order valence-electron chi connectivity index (χ2n) is 9.21. The van der Waals surface area contributed by atoms with Gasteiger partial charge in [0.25, 0.3) is 11.5 Å². The van der Waals surface area contributed by atoms with E-state index in [0.29, 0.717) is 28.3 Å². The van der Waals surface area contributed by atoms with Crippen molar-refractivity contribution in [1.82, 2.24) is 19.3 Å². The predicted octanol–water partition coefficient (Wildman–Crippen LogP) is 3.44. The SMILES string of the molecule is Cc1cccn2c(=O)c3cc(C(=O)N[C@H]4C[C@H](C)CC(C)(C)C4)n(C)c3nc12. The molecular weight excluding hydrogens is 352 g/mol. The van der Waals surface area contributed by atoms with E-state index in [4.69, 9.17) is 0 Å². The molecule has 0 aromatic carbocycles. The number of pyridine rings is 1. The summed E-state index contributed by atoms with van der Waals surface area (Å²) < 4.78 is 3.28. The molecule has 0 aliphatic heterocycles. The smallest absolute Gasteiger partial charge is 0.268 e. The largest absolute Gasteiger partial charge is 0.348 e. The predicted molar refractivity (Wildman–Crippen MR) is 111 cm³/mol. The van der Waals surface area contributed by atoms with Crippen LogP contribution in [0.25, 0.3) is 16.7 Å². The number of hydrogen-bond donors (Lipinski definition) is 1. The third-order valence-electron chi connectivity index (χ3n) is 5.98. The molecule has 1 saturated carbocycles. The van der Waals surface area contributed by atoms with Crippen LogP contribution in [0.15, 0.2) is 29.2 Å².